The van der Waals surface area contributed by atoms with Crippen LogP contribution in [-0.2, 0) is 6.18 Å². The van der Waals surface area contributed by atoms with Gasteiger partial charge < -0.3 is 10.2 Å². The number of hydrogen-bond acceptors (Lipinski definition) is 4. The van der Waals surface area contributed by atoms with Crippen LogP contribution in [0.15, 0.2) is 0 Å². The Kier molecular flexibility index (Phi) is 7.46. The molecule has 1 amide bonds. The van der Waals surface area contributed by atoms with Crippen LogP contribution in [0.25, 0.3) is 0 Å². The Hall–Kier alpha value is -0.860. The SMILES string of the molecule is Cc1nc(C(F)(F)F)c(C(=O)NCCCN(C)C)s1.Cl. The summed E-state index contributed by atoms with van der Waals surface area (Å²) in [5.74, 6) is -0.711. The lowest BCUT2D eigenvalue weighted by Crippen LogP contribution is -2.28. The number of amides is 1. The molecule has 1 aromatic rings. The van der Waals surface area contributed by atoms with Crippen molar-refractivity contribution < 1.29 is 18.0 Å². The fraction of sp³-hybridized carbons (Fsp3) is 0.636. The molecule has 0 saturated carbocycles. The van der Waals surface area contributed by atoms with E-state index < -0.39 is 17.8 Å². The molecule has 1 aromatic heterocycles. The summed E-state index contributed by atoms with van der Waals surface area (Å²) < 4.78 is 38.0. The van der Waals surface area contributed by atoms with Gasteiger partial charge in [-0.25, -0.2) is 4.98 Å². The number of carbonyl (C=O) groups is 1. The molecule has 0 aliphatic rings. The maximum atomic E-state index is 12.7. The topological polar surface area (TPSA) is 45.2 Å². The summed E-state index contributed by atoms with van der Waals surface area (Å²) in [4.78, 5) is 16.7. The van der Waals surface area contributed by atoms with E-state index in [1.165, 1.54) is 6.92 Å². The van der Waals surface area contributed by atoms with Crippen LogP contribution in [0.3, 0.4) is 0 Å². The molecule has 116 valence electrons. The molecule has 0 atom stereocenters. The highest BCUT2D eigenvalue weighted by Gasteiger charge is 2.39. The van der Waals surface area contributed by atoms with Crippen LogP contribution >= 0.6 is 23.7 Å². The highest BCUT2D eigenvalue weighted by Crippen LogP contribution is 2.34. The van der Waals surface area contributed by atoms with Crippen molar-refractivity contribution in [3.8, 4) is 0 Å². The summed E-state index contributed by atoms with van der Waals surface area (Å²) in [5, 5.41) is 2.71. The van der Waals surface area contributed by atoms with Gasteiger partial charge in [0.25, 0.3) is 5.91 Å². The Bertz CT molecular complexity index is 449. The van der Waals surface area contributed by atoms with E-state index in [1.54, 1.807) is 0 Å². The number of carbonyl (C=O) groups excluding carboxylic acids is 1. The van der Waals surface area contributed by atoms with Crippen molar-refractivity contribution in [2.75, 3.05) is 27.2 Å². The Labute approximate surface area is 125 Å². The standard InChI is InChI=1S/C11H16F3N3OS.ClH/c1-7-16-9(11(12,13)14)8(19-7)10(18)15-5-4-6-17(2)3;/h4-6H2,1-3H3,(H,15,18);1H. The number of thiazole rings is 1. The van der Waals surface area contributed by atoms with Crippen molar-refractivity contribution in [3.63, 3.8) is 0 Å². The number of aromatic nitrogens is 1. The molecular formula is C11H17ClF3N3OS. The van der Waals surface area contributed by atoms with Crippen LogP contribution in [0.4, 0.5) is 13.2 Å². The number of rotatable bonds is 5. The molecule has 4 nitrogen and oxygen atoms in total. The molecule has 0 fully saturated rings. The number of alkyl halides is 3. The molecule has 1 rings (SSSR count). The van der Waals surface area contributed by atoms with Gasteiger partial charge in [-0.3, -0.25) is 4.79 Å². The van der Waals surface area contributed by atoms with Crippen molar-refractivity contribution in [3.05, 3.63) is 15.6 Å². The zero-order chi connectivity index (χ0) is 14.6. The Morgan fingerprint density at radius 1 is 1.40 bits per heavy atom. The van der Waals surface area contributed by atoms with Crippen LogP contribution in [0.5, 0.6) is 0 Å². The second-order valence-electron chi connectivity index (χ2n) is 4.32. The average Bonchev–Trinajstić information content (AvgIpc) is 2.66. The van der Waals surface area contributed by atoms with Crippen LogP contribution in [0.1, 0.15) is 26.8 Å². The first-order valence-corrected chi connectivity index (χ1v) is 6.51. The van der Waals surface area contributed by atoms with Crippen LogP contribution in [0.2, 0.25) is 0 Å². The third-order valence-corrected chi connectivity index (χ3v) is 3.25. The Morgan fingerprint density at radius 2 is 2.00 bits per heavy atom. The van der Waals surface area contributed by atoms with Gasteiger partial charge in [-0.05, 0) is 34.0 Å². The summed E-state index contributed by atoms with van der Waals surface area (Å²) in [5.41, 5.74) is -1.10. The quantitative estimate of drug-likeness (QED) is 0.843. The first-order valence-electron chi connectivity index (χ1n) is 5.69. The van der Waals surface area contributed by atoms with Crippen molar-refractivity contribution in [2.45, 2.75) is 19.5 Å². The molecule has 9 heteroatoms. The minimum absolute atomic E-state index is 0. The minimum atomic E-state index is -4.60. The molecule has 20 heavy (non-hydrogen) atoms. The second-order valence-corrected chi connectivity index (χ2v) is 5.52. The van der Waals surface area contributed by atoms with Crippen molar-refractivity contribution >= 4 is 29.7 Å². The van der Waals surface area contributed by atoms with Crippen molar-refractivity contribution in [1.82, 2.24) is 15.2 Å². The second kappa shape index (κ2) is 7.80. The molecule has 0 aromatic carbocycles. The van der Waals surface area contributed by atoms with Gasteiger partial charge in [0.2, 0.25) is 0 Å². The largest absolute Gasteiger partial charge is 0.435 e. The molecule has 0 aliphatic carbocycles. The van der Waals surface area contributed by atoms with Gasteiger partial charge >= 0.3 is 6.18 Å². The summed E-state index contributed by atoms with van der Waals surface area (Å²) in [7, 11) is 3.77. The summed E-state index contributed by atoms with van der Waals surface area (Å²) in [6.45, 7) is 2.54. The number of aryl methyl sites for hydroxylation is 1. The first-order chi connectivity index (χ1) is 8.71. The Balaban J connectivity index is 0.00000361. The lowest BCUT2D eigenvalue weighted by molar-refractivity contribution is -0.141. The molecule has 0 unspecified atom stereocenters. The first kappa shape index (κ1) is 19.1. The minimum Gasteiger partial charge on any atom is -0.351 e. The fourth-order valence-electron chi connectivity index (χ4n) is 1.45. The van der Waals surface area contributed by atoms with Crippen LogP contribution in [-0.4, -0.2) is 43.0 Å². The monoisotopic (exact) mass is 331 g/mol. The molecule has 1 heterocycles. The third kappa shape index (κ3) is 5.64. The number of nitrogens with zero attached hydrogens (tertiary/aromatic N) is 2. The lowest BCUT2D eigenvalue weighted by Gasteiger charge is -2.10. The van der Waals surface area contributed by atoms with E-state index in [0.717, 1.165) is 17.9 Å². The van der Waals surface area contributed by atoms with Gasteiger partial charge in [-0.2, -0.15) is 13.2 Å². The van der Waals surface area contributed by atoms with E-state index in [2.05, 4.69) is 10.3 Å². The molecule has 0 saturated heterocycles. The highest BCUT2D eigenvalue weighted by atomic mass is 35.5. The van der Waals surface area contributed by atoms with E-state index in [0.29, 0.717) is 13.0 Å². The molecule has 1 N–H and O–H groups in total. The van der Waals surface area contributed by atoms with E-state index in [4.69, 9.17) is 0 Å². The van der Waals surface area contributed by atoms with Crippen molar-refractivity contribution in [1.29, 1.82) is 0 Å². The van der Waals surface area contributed by atoms with E-state index in [1.807, 2.05) is 19.0 Å². The average molecular weight is 332 g/mol. The van der Waals surface area contributed by atoms with Crippen molar-refractivity contribution in [2.24, 2.45) is 0 Å². The van der Waals surface area contributed by atoms with Gasteiger partial charge in [-0.1, -0.05) is 0 Å². The molecule has 0 bridgehead atoms. The van der Waals surface area contributed by atoms with Crippen LogP contribution in [0, 0.1) is 6.92 Å². The summed E-state index contributed by atoms with van der Waals surface area (Å²) >= 11 is 0.760. The van der Waals surface area contributed by atoms with Gasteiger partial charge in [0, 0.05) is 6.54 Å². The predicted octanol–water partition coefficient (Wildman–Crippen LogP) is 2.57. The van der Waals surface area contributed by atoms with Crippen LogP contribution < -0.4 is 5.32 Å². The number of nitrogens with one attached hydrogen (secondary N) is 1. The van der Waals surface area contributed by atoms with Gasteiger partial charge in [0.15, 0.2) is 5.69 Å². The molecular weight excluding hydrogens is 315 g/mol. The summed E-state index contributed by atoms with van der Waals surface area (Å²) in [6.07, 6.45) is -3.92. The Morgan fingerprint density at radius 3 is 2.50 bits per heavy atom. The smallest absolute Gasteiger partial charge is 0.351 e. The van der Waals surface area contributed by atoms with E-state index in [-0.39, 0.29) is 22.3 Å². The fourth-order valence-corrected chi connectivity index (χ4v) is 2.31. The van der Waals surface area contributed by atoms with Gasteiger partial charge in [-0.15, -0.1) is 23.7 Å². The predicted molar refractivity (Wildman–Crippen MR) is 74.6 cm³/mol. The summed E-state index contributed by atoms with van der Waals surface area (Å²) in [6, 6.07) is 0. The zero-order valence-corrected chi connectivity index (χ0v) is 13.0. The highest BCUT2D eigenvalue weighted by molar-refractivity contribution is 7.13. The van der Waals surface area contributed by atoms with E-state index in [9.17, 15) is 18.0 Å². The molecule has 0 spiro atoms. The van der Waals surface area contributed by atoms with E-state index >= 15 is 0 Å². The molecule has 0 radical (unpaired) electrons. The number of halogens is 4. The molecule has 0 aliphatic heterocycles. The maximum absolute atomic E-state index is 12.7. The maximum Gasteiger partial charge on any atom is 0.435 e. The normalized spacial score (nSPS) is 11.3. The third-order valence-electron chi connectivity index (χ3n) is 2.28. The lowest BCUT2D eigenvalue weighted by atomic mass is 10.3. The number of hydrogen-bond donors (Lipinski definition) is 1. The van der Waals surface area contributed by atoms with Gasteiger partial charge in [0.1, 0.15) is 4.88 Å². The zero-order valence-electron chi connectivity index (χ0n) is 11.4. The van der Waals surface area contributed by atoms with Gasteiger partial charge in [0.05, 0.1) is 5.01 Å².